The number of aryl methyl sites for hydroxylation is 1. The van der Waals surface area contributed by atoms with Crippen LogP contribution in [0.3, 0.4) is 0 Å². The van der Waals surface area contributed by atoms with Crippen molar-refractivity contribution < 1.29 is 4.42 Å². The lowest BCUT2D eigenvalue weighted by atomic mass is 10.1. The van der Waals surface area contributed by atoms with Gasteiger partial charge in [0.05, 0.1) is 10.6 Å². The maximum Gasteiger partial charge on any atom is 0.226 e. The minimum Gasteiger partial charge on any atom is -0.444 e. The molecule has 0 N–H and O–H groups in total. The standard InChI is InChI=1S/C19H18N4OS2/c1-3-23-17(16-5-4-10-25-16)21-22-19(23)26-12-15-11-24-18(20-15)14-8-6-13(2)7-9-14/h4-11H,3,12H2,1-2H3. The number of thiophene rings is 1. The molecule has 0 radical (unpaired) electrons. The molecule has 3 aromatic heterocycles. The molecule has 0 saturated carbocycles. The Labute approximate surface area is 160 Å². The summed E-state index contributed by atoms with van der Waals surface area (Å²) < 4.78 is 7.77. The molecule has 26 heavy (non-hydrogen) atoms. The average molecular weight is 383 g/mol. The molecule has 0 amide bonds. The summed E-state index contributed by atoms with van der Waals surface area (Å²) >= 11 is 3.30. The lowest BCUT2D eigenvalue weighted by Gasteiger charge is -2.05. The van der Waals surface area contributed by atoms with Crippen LogP contribution in [0.25, 0.3) is 22.2 Å². The summed E-state index contributed by atoms with van der Waals surface area (Å²) in [5.41, 5.74) is 3.11. The number of hydrogen-bond donors (Lipinski definition) is 0. The van der Waals surface area contributed by atoms with Gasteiger partial charge in [-0.2, -0.15) is 0 Å². The smallest absolute Gasteiger partial charge is 0.226 e. The predicted octanol–water partition coefficient (Wildman–Crippen LogP) is 5.28. The van der Waals surface area contributed by atoms with E-state index in [1.54, 1.807) is 29.4 Å². The molecule has 4 aromatic rings. The molecule has 0 aliphatic heterocycles. The molecule has 4 rings (SSSR count). The van der Waals surface area contributed by atoms with E-state index < -0.39 is 0 Å². The van der Waals surface area contributed by atoms with E-state index >= 15 is 0 Å². The van der Waals surface area contributed by atoms with Crippen LogP contribution in [-0.4, -0.2) is 19.7 Å². The number of nitrogens with zero attached hydrogens (tertiary/aromatic N) is 4. The molecular weight excluding hydrogens is 364 g/mol. The molecule has 0 saturated heterocycles. The topological polar surface area (TPSA) is 56.7 Å². The number of benzene rings is 1. The lowest BCUT2D eigenvalue weighted by Crippen LogP contribution is -1.99. The first-order chi connectivity index (χ1) is 12.7. The van der Waals surface area contributed by atoms with E-state index in [0.29, 0.717) is 11.6 Å². The summed E-state index contributed by atoms with van der Waals surface area (Å²) in [6, 6.07) is 12.3. The average Bonchev–Trinajstić information content (AvgIpc) is 3.40. The third kappa shape index (κ3) is 3.45. The van der Waals surface area contributed by atoms with Crippen LogP contribution >= 0.6 is 23.1 Å². The van der Waals surface area contributed by atoms with Gasteiger partial charge >= 0.3 is 0 Å². The second-order valence-corrected chi connectivity index (χ2v) is 7.72. The van der Waals surface area contributed by atoms with Crippen molar-refractivity contribution >= 4 is 23.1 Å². The molecule has 0 atom stereocenters. The van der Waals surface area contributed by atoms with Gasteiger partial charge in [0.25, 0.3) is 0 Å². The Bertz CT molecular complexity index is 987. The molecule has 132 valence electrons. The van der Waals surface area contributed by atoms with Gasteiger partial charge in [-0.05, 0) is 37.4 Å². The molecule has 7 heteroatoms. The van der Waals surface area contributed by atoms with E-state index in [2.05, 4.69) is 57.2 Å². The Hall–Kier alpha value is -2.38. The summed E-state index contributed by atoms with van der Waals surface area (Å²) in [4.78, 5) is 5.73. The zero-order chi connectivity index (χ0) is 17.9. The van der Waals surface area contributed by atoms with Crippen molar-refractivity contribution in [2.24, 2.45) is 0 Å². The van der Waals surface area contributed by atoms with Gasteiger partial charge in [-0.3, -0.25) is 0 Å². The highest BCUT2D eigenvalue weighted by Gasteiger charge is 2.15. The van der Waals surface area contributed by atoms with Crippen LogP contribution in [0.2, 0.25) is 0 Å². The van der Waals surface area contributed by atoms with Crippen LogP contribution in [0.5, 0.6) is 0 Å². The summed E-state index contributed by atoms with van der Waals surface area (Å²) in [6.07, 6.45) is 1.72. The van der Waals surface area contributed by atoms with Crippen LogP contribution in [0, 0.1) is 6.92 Å². The van der Waals surface area contributed by atoms with Crippen molar-refractivity contribution in [2.45, 2.75) is 31.3 Å². The summed E-state index contributed by atoms with van der Waals surface area (Å²) in [5.74, 6) is 2.26. The lowest BCUT2D eigenvalue weighted by molar-refractivity contribution is 0.573. The number of rotatable bonds is 6. The van der Waals surface area contributed by atoms with Gasteiger partial charge in [0.1, 0.15) is 6.26 Å². The van der Waals surface area contributed by atoms with Crippen LogP contribution in [0.15, 0.2) is 57.6 Å². The fourth-order valence-electron chi connectivity index (χ4n) is 2.61. The minimum atomic E-state index is 0.650. The highest BCUT2D eigenvalue weighted by atomic mass is 32.2. The van der Waals surface area contributed by atoms with E-state index in [-0.39, 0.29) is 0 Å². The molecular formula is C19H18N4OS2. The molecule has 5 nitrogen and oxygen atoms in total. The SMILES string of the molecule is CCn1c(SCc2coc(-c3ccc(C)cc3)n2)nnc1-c1cccs1. The number of thioether (sulfide) groups is 1. The second kappa shape index (κ2) is 7.47. The Kier molecular flexibility index (Phi) is 4.90. The second-order valence-electron chi connectivity index (χ2n) is 5.83. The fourth-order valence-corrected chi connectivity index (χ4v) is 4.21. The van der Waals surface area contributed by atoms with Gasteiger partial charge in [-0.25, -0.2) is 4.98 Å². The number of aromatic nitrogens is 4. The molecule has 0 fully saturated rings. The first-order valence-corrected chi connectivity index (χ1v) is 10.2. The maximum absolute atomic E-state index is 5.63. The van der Waals surface area contributed by atoms with Crippen molar-refractivity contribution in [1.29, 1.82) is 0 Å². The minimum absolute atomic E-state index is 0.650. The van der Waals surface area contributed by atoms with Gasteiger partial charge in [0, 0.05) is 17.9 Å². The van der Waals surface area contributed by atoms with Crippen LogP contribution in [0.4, 0.5) is 0 Å². The molecule has 0 aliphatic rings. The molecule has 0 bridgehead atoms. The first kappa shape index (κ1) is 17.1. The maximum atomic E-state index is 5.63. The van der Waals surface area contributed by atoms with E-state index in [1.807, 2.05) is 18.2 Å². The van der Waals surface area contributed by atoms with Crippen LogP contribution in [0.1, 0.15) is 18.2 Å². The molecule has 3 heterocycles. The Morgan fingerprint density at radius 3 is 2.73 bits per heavy atom. The molecule has 0 unspecified atom stereocenters. The third-order valence-corrected chi connectivity index (χ3v) is 5.84. The van der Waals surface area contributed by atoms with Crippen molar-refractivity contribution in [3.8, 4) is 22.2 Å². The van der Waals surface area contributed by atoms with E-state index in [1.165, 1.54) is 5.56 Å². The van der Waals surface area contributed by atoms with E-state index in [9.17, 15) is 0 Å². The van der Waals surface area contributed by atoms with Crippen molar-refractivity contribution in [1.82, 2.24) is 19.7 Å². The molecule has 0 spiro atoms. The van der Waals surface area contributed by atoms with E-state index in [4.69, 9.17) is 4.42 Å². The predicted molar refractivity (Wildman–Crippen MR) is 105 cm³/mol. The normalized spacial score (nSPS) is 11.2. The van der Waals surface area contributed by atoms with Gasteiger partial charge in [-0.15, -0.1) is 21.5 Å². The number of oxazole rings is 1. The number of hydrogen-bond acceptors (Lipinski definition) is 6. The summed E-state index contributed by atoms with van der Waals surface area (Å²) in [6.45, 7) is 5.00. The van der Waals surface area contributed by atoms with Gasteiger partial charge in [0.2, 0.25) is 5.89 Å². The largest absolute Gasteiger partial charge is 0.444 e. The van der Waals surface area contributed by atoms with Crippen LogP contribution < -0.4 is 0 Å². The summed E-state index contributed by atoms with van der Waals surface area (Å²) in [7, 11) is 0. The van der Waals surface area contributed by atoms with Gasteiger partial charge in [0.15, 0.2) is 11.0 Å². The van der Waals surface area contributed by atoms with Gasteiger partial charge < -0.3 is 8.98 Å². The monoisotopic (exact) mass is 382 g/mol. The summed E-state index contributed by atoms with van der Waals surface area (Å²) in [5, 5.41) is 11.7. The van der Waals surface area contributed by atoms with Gasteiger partial charge in [-0.1, -0.05) is 35.5 Å². The molecule has 1 aromatic carbocycles. The van der Waals surface area contributed by atoms with Crippen molar-refractivity contribution in [3.63, 3.8) is 0 Å². The van der Waals surface area contributed by atoms with Crippen molar-refractivity contribution in [3.05, 3.63) is 59.3 Å². The Balaban J connectivity index is 1.49. The van der Waals surface area contributed by atoms with Crippen molar-refractivity contribution in [2.75, 3.05) is 0 Å². The quantitative estimate of drug-likeness (QED) is 0.425. The zero-order valence-electron chi connectivity index (χ0n) is 14.5. The van der Waals surface area contributed by atoms with Crippen LogP contribution in [-0.2, 0) is 12.3 Å². The van der Waals surface area contributed by atoms with E-state index in [0.717, 1.165) is 33.7 Å². The Morgan fingerprint density at radius 2 is 2.00 bits per heavy atom. The Morgan fingerprint density at radius 1 is 1.15 bits per heavy atom. The molecule has 0 aliphatic carbocycles. The third-order valence-electron chi connectivity index (χ3n) is 3.97. The fraction of sp³-hybridized carbons (Fsp3) is 0.211. The highest BCUT2D eigenvalue weighted by Crippen LogP contribution is 2.29. The first-order valence-electron chi connectivity index (χ1n) is 8.36. The zero-order valence-corrected chi connectivity index (χ0v) is 16.2. The highest BCUT2D eigenvalue weighted by molar-refractivity contribution is 7.98.